The molecule has 1 amide bonds. The predicted molar refractivity (Wildman–Crippen MR) is 142 cm³/mol. The third-order valence-electron chi connectivity index (χ3n) is 5.27. The van der Waals surface area contributed by atoms with Gasteiger partial charge in [0.15, 0.2) is 5.16 Å². The Kier molecular flexibility index (Phi) is 6.43. The van der Waals surface area contributed by atoms with E-state index in [4.69, 9.17) is 0 Å². The number of thiazole rings is 1. The SMILES string of the molecule is Cc1ccnc(-n2c(SCC(=O)Nc3cccc(-c4csc(C)n4)c3)nc3ccccc3c2=O)c1. The van der Waals surface area contributed by atoms with Gasteiger partial charge in [-0.3, -0.25) is 9.59 Å². The fourth-order valence-corrected chi connectivity index (χ4v) is 5.06. The number of carbonyl (C=O) groups is 1. The summed E-state index contributed by atoms with van der Waals surface area (Å²) in [6.07, 6.45) is 1.66. The Hall–Kier alpha value is -3.82. The van der Waals surface area contributed by atoms with Crippen LogP contribution >= 0.6 is 23.1 Å². The van der Waals surface area contributed by atoms with E-state index >= 15 is 0 Å². The van der Waals surface area contributed by atoms with Crippen molar-refractivity contribution >= 4 is 45.6 Å². The molecular formula is C26H21N5O2S2. The minimum atomic E-state index is -0.220. The highest BCUT2D eigenvalue weighted by Crippen LogP contribution is 2.25. The van der Waals surface area contributed by atoms with Crippen LogP contribution in [-0.2, 0) is 4.79 Å². The third-order valence-corrected chi connectivity index (χ3v) is 6.98. The zero-order valence-electron chi connectivity index (χ0n) is 19.1. The second kappa shape index (κ2) is 9.81. The second-order valence-corrected chi connectivity index (χ2v) is 9.92. The van der Waals surface area contributed by atoms with Gasteiger partial charge in [-0.25, -0.2) is 19.5 Å². The Balaban J connectivity index is 1.40. The number of rotatable bonds is 6. The van der Waals surface area contributed by atoms with Gasteiger partial charge in [0.05, 0.1) is 27.4 Å². The summed E-state index contributed by atoms with van der Waals surface area (Å²) in [7, 11) is 0. The average Bonchev–Trinajstić information content (AvgIpc) is 3.29. The predicted octanol–water partition coefficient (Wildman–Crippen LogP) is 5.25. The minimum absolute atomic E-state index is 0.0800. The van der Waals surface area contributed by atoms with Crippen molar-refractivity contribution in [2.24, 2.45) is 0 Å². The summed E-state index contributed by atoms with van der Waals surface area (Å²) in [6.45, 7) is 3.90. The van der Waals surface area contributed by atoms with Gasteiger partial charge in [-0.1, -0.05) is 36.0 Å². The lowest BCUT2D eigenvalue weighted by atomic mass is 10.1. The molecule has 7 nitrogen and oxygen atoms in total. The van der Waals surface area contributed by atoms with Crippen molar-refractivity contribution in [2.45, 2.75) is 19.0 Å². The van der Waals surface area contributed by atoms with Crippen LogP contribution < -0.4 is 10.9 Å². The van der Waals surface area contributed by atoms with Crippen molar-refractivity contribution in [2.75, 3.05) is 11.1 Å². The number of hydrogen-bond acceptors (Lipinski definition) is 7. The summed E-state index contributed by atoms with van der Waals surface area (Å²) in [5.74, 6) is 0.353. The lowest BCUT2D eigenvalue weighted by Gasteiger charge is -2.13. The molecule has 0 atom stereocenters. The van der Waals surface area contributed by atoms with Gasteiger partial charge in [0, 0.05) is 22.8 Å². The second-order valence-electron chi connectivity index (χ2n) is 7.91. The lowest BCUT2D eigenvalue weighted by molar-refractivity contribution is -0.113. The summed E-state index contributed by atoms with van der Waals surface area (Å²) < 4.78 is 1.47. The van der Waals surface area contributed by atoms with Crippen molar-refractivity contribution in [1.29, 1.82) is 0 Å². The number of anilines is 1. The zero-order chi connectivity index (χ0) is 24.4. The molecule has 5 aromatic rings. The van der Waals surface area contributed by atoms with Gasteiger partial charge in [0.1, 0.15) is 5.82 Å². The molecule has 3 heterocycles. The molecule has 0 aliphatic carbocycles. The molecule has 0 fully saturated rings. The number of nitrogens with zero attached hydrogens (tertiary/aromatic N) is 4. The van der Waals surface area contributed by atoms with Crippen LogP contribution in [0.4, 0.5) is 5.69 Å². The van der Waals surface area contributed by atoms with Crippen molar-refractivity contribution < 1.29 is 4.79 Å². The van der Waals surface area contributed by atoms with Gasteiger partial charge in [-0.05, 0) is 55.8 Å². The number of fused-ring (bicyclic) bond motifs is 1. The van der Waals surface area contributed by atoms with Gasteiger partial charge in [0.2, 0.25) is 5.91 Å². The summed E-state index contributed by atoms with van der Waals surface area (Å²) in [4.78, 5) is 39.7. The molecule has 174 valence electrons. The van der Waals surface area contributed by atoms with Gasteiger partial charge in [0.25, 0.3) is 5.56 Å². The molecule has 2 aromatic carbocycles. The number of pyridine rings is 1. The first-order valence-corrected chi connectivity index (χ1v) is 12.7. The number of nitrogens with one attached hydrogen (secondary N) is 1. The molecule has 5 rings (SSSR count). The molecule has 0 radical (unpaired) electrons. The van der Waals surface area contributed by atoms with Gasteiger partial charge >= 0.3 is 0 Å². The number of carbonyl (C=O) groups excluding carboxylic acids is 1. The maximum atomic E-state index is 13.3. The number of aryl methyl sites for hydroxylation is 2. The summed E-state index contributed by atoms with van der Waals surface area (Å²) in [5.41, 5.74) is 3.84. The van der Waals surface area contributed by atoms with E-state index in [-0.39, 0.29) is 17.2 Å². The van der Waals surface area contributed by atoms with Gasteiger partial charge < -0.3 is 5.32 Å². The summed E-state index contributed by atoms with van der Waals surface area (Å²) >= 11 is 2.78. The summed E-state index contributed by atoms with van der Waals surface area (Å²) in [6, 6.07) is 18.5. The van der Waals surface area contributed by atoms with E-state index in [9.17, 15) is 9.59 Å². The molecule has 0 saturated heterocycles. The number of hydrogen-bond donors (Lipinski definition) is 1. The van der Waals surface area contributed by atoms with E-state index in [1.54, 1.807) is 35.7 Å². The first-order chi connectivity index (χ1) is 17.0. The monoisotopic (exact) mass is 499 g/mol. The number of para-hydroxylation sites is 1. The quantitative estimate of drug-likeness (QED) is 0.253. The van der Waals surface area contributed by atoms with Crippen LogP contribution in [0.3, 0.4) is 0 Å². The van der Waals surface area contributed by atoms with Crippen LogP contribution in [-0.4, -0.2) is 31.2 Å². The molecule has 0 spiro atoms. The lowest BCUT2D eigenvalue weighted by Crippen LogP contribution is -2.23. The van der Waals surface area contributed by atoms with Crippen LogP contribution in [0.15, 0.2) is 82.2 Å². The van der Waals surface area contributed by atoms with Crippen molar-refractivity contribution in [3.8, 4) is 17.1 Å². The smallest absolute Gasteiger partial charge is 0.267 e. The Morgan fingerprint density at radius 2 is 1.91 bits per heavy atom. The summed E-state index contributed by atoms with van der Waals surface area (Å²) in [5, 5.41) is 6.83. The fourth-order valence-electron chi connectivity index (χ4n) is 3.63. The number of benzene rings is 2. The standard InChI is InChI=1S/C26H21N5O2S2/c1-16-10-11-27-23(12-16)31-25(33)20-8-3-4-9-21(20)30-26(31)35-15-24(32)29-19-7-5-6-18(13-19)22-14-34-17(2)28-22/h3-14H,15H2,1-2H3,(H,29,32). The maximum Gasteiger partial charge on any atom is 0.267 e. The van der Waals surface area contributed by atoms with Crippen LogP contribution in [0, 0.1) is 13.8 Å². The normalized spacial score (nSPS) is 11.0. The minimum Gasteiger partial charge on any atom is -0.325 e. The average molecular weight is 500 g/mol. The van der Waals surface area contributed by atoms with Crippen LogP contribution in [0.2, 0.25) is 0 Å². The molecule has 1 N–H and O–H groups in total. The number of amides is 1. The zero-order valence-corrected chi connectivity index (χ0v) is 20.7. The molecular weight excluding hydrogens is 478 g/mol. The molecule has 3 aromatic heterocycles. The molecule has 0 saturated carbocycles. The van der Waals surface area contributed by atoms with E-state index in [0.29, 0.717) is 27.6 Å². The van der Waals surface area contributed by atoms with Gasteiger partial charge in [-0.15, -0.1) is 11.3 Å². The molecule has 0 aliphatic heterocycles. The van der Waals surface area contributed by atoms with E-state index in [1.807, 2.05) is 61.7 Å². The van der Waals surface area contributed by atoms with Crippen LogP contribution in [0.1, 0.15) is 10.6 Å². The van der Waals surface area contributed by atoms with Gasteiger partial charge in [-0.2, -0.15) is 0 Å². The van der Waals surface area contributed by atoms with E-state index in [2.05, 4.69) is 20.3 Å². The van der Waals surface area contributed by atoms with Crippen molar-refractivity contribution in [3.05, 3.63) is 93.2 Å². The first kappa shape index (κ1) is 22.9. The Morgan fingerprint density at radius 1 is 1.06 bits per heavy atom. The first-order valence-electron chi connectivity index (χ1n) is 10.9. The molecule has 9 heteroatoms. The highest BCUT2D eigenvalue weighted by atomic mass is 32.2. The highest BCUT2D eigenvalue weighted by molar-refractivity contribution is 7.99. The topological polar surface area (TPSA) is 89.8 Å². The van der Waals surface area contributed by atoms with E-state index < -0.39 is 0 Å². The van der Waals surface area contributed by atoms with Crippen molar-refractivity contribution in [1.82, 2.24) is 19.5 Å². The molecule has 0 unspecified atom stereocenters. The van der Waals surface area contributed by atoms with E-state index in [0.717, 1.165) is 21.8 Å². The Bertz CT molecular complexity index is 1610. The van der Waals surface area contributed by atoms with Crippen molar-refractivity contribution in [3.63, 3.8) is 0 Å². The Morgan fingerprint density at radius 3 is 2.71 bits per heavy atom. The van der Waals surface area contributed by atoms with Crippen LogP contribution in [0.5, 0.6) is 0 Å². The Labute approximate surface area is 209 Å². The molecule has 0 aliphatic rings. The maximum absolute atomic E-state index is 13.3. The third kappa shape index (κ3) is 5.01. The number of aromatic nitrogens is 4. The largest absolute Gasteiger partial charge is 0.325 e. The fraction of sp³-hybridized carbons (Fsp3) is 0.115. The number of thioether (sulfide) groups is 1. The molecule has 35 heavy (non-hydrogen) atoms. The highest BCUT2D eigenvalue weighted by Gasteiger charge is 2.16. The van der Waals surface area contributed by atoms with E-state index in [1.165, 1.54) is 16.3 Å². The van der Waals surface area contributed by atoms with Crippen LogP contribution in [0.25, 0.3) is 28.0 Å². The molecule has 0 bridgehead atoms.